The highest BCUT2D eigenvalue weighted by Gasteiger charge is 2.27. The molecule has 0 radical (unpaired) electrons. The van der Waals surface area contributed by atoms with E-state index >= 15 is 0 Å². The van der Waals surface area contributed by atoms with Crippen molar-refractivity contribution < 1.29 is 32.6 Å². The van der Waals surface area contributed by atoms with Crippen molar-refractivity contribution in [2.45, 2.75) is 39.3 Å². The van der Waals surface area contributed by atoms with Gasteiger partial charge < -0.3 is 18.6 Å². The molecule has 1 aromatic carbocycles. The number of nitrogens with zero attached hydrogens (tertiary/aromatic N) is 6. The average molecular weight is 525 g/mol. The lowest BCUT2D eigenvalue weighted by Crippen LogP contribution is -2.30. The van der Waals surface area contributed by atoms with E-state index in [0.29, 0.717) is 16.9 Å². The van der Waals surface area contributed by atoms with Crippen LogP contribution < -0.4 is 4.74 Å². The molecule has 0 N–H and O–H groups in total. The molecule has 198 valence electrons. The van der Waals surface area contributed by atoms with Crippen LogP contribution in [0.2, 0.25) is 0 Å². The number of hydrogen-bond donors (Lipinski definition) is 0. The van der Waals surface area contributed by atoms with Crippen molar-refractivity contribution in [2.75, 3.05) is 7.11 Å². The molecule has 0 amide bonds. The summed E-state index contributed by atoms with van der Waals surface area (Å²) in [6, 6.07) is 7.73. The van der Waals surface area contributed by atoms with Crippen LogP contribution in [0.25, 0.3) is 22.8 Å². The molecule has 0 bridgehead atoms. The number of pyridine rings is 1. The van der Waals surface area contributed by atoms with Gasteiger partial charge in [0.2, 0.25) is 11.7 Å². The minimum Gasteiger partial charge on any atom is -0.469 e. The summed E-state index contributed by atoms with van der Waals surface area (Å²) in [7, 11) is 1.24. The Kier molecular flexibility index (Phi) is 7.74. The molecule has 0 aliphatic carbocycles. The number of methoxy groups -OCH3 is 1. The van der Waals surface area contributed by atoms with E-state index in [0.717, 1.165) is 0 Å². The summed E-state index contributed by atoms with van der Waals surface area (Å²) in [4.78, 5) is 33.6. The van der Waals surface area contributed by atoms with Crippen LogP contribution in [0.5, 0.6) is 11.6 Å². The van der Waals surface area contributed by atoms with Gasteiger partial charge in [-0.2, -0.15) is 4.80 Å². The summed E-state index contributed by atoms with van der Waals surface area (Å²) in [6.45, 7) is 5.18. The fraction of sp³-hybridized carbons (Fsp3) is 0.320. The van der Waals surface area contributed by atoms with E-state index in [1.807, 2.05) is 0 Å². The third-order valence-corrected chi connectivity index (χ3v) is 5.02. The highest BCUT2D eigenvalue weighted by molar-refractivity contribution is 5.80. The van der Waals surface area contributed by atoms with Crippen molar-refractivity contribution in [1.29, 1.82) is 0 Å². The number of esters is 2. The number of carbonyl (C=O) groups excluding carboxylic acids is 2. The first-order chi connectivity index (χ1) is 18.1. The monoisotopic (exact) mass is 524 g/mol. The number of hydrogen-bond acceptors (Lipinski definition) is 11. The predicted octanol–water partition coefficient (Wildman–Crippen LogP) is 3.84. The van der Waals surface area contributed by atoms with Crippen LogP contribution in [0.15, 0.2) is 53.4 Å². The molecule has 0 unspecified atom stereocenters. The zero-order chi connectivity index (χ0) is 27.3. The molecular weight excluding hydrogens is 499 g/mol. The zero-order valence-corrected chi connectivity index (χ0v) is 21.1. The number of halogens is 1. The van der Waals surface area contributed by atoms with Gasteiger partial charge in [0, 0.05) is 11.8 Å². The van der Waals surface area contributed by atoms with E-state index in [9.17, 15) is 14.0 Å². The Bertz CT molecular complexity index is 1400. The number of rotatable bonds is 9. The molecule has 4 rings (SSSR count). The number of tetrazole rings is 1. The van der Waals surface area contributed by atoms with Crippen LogP contribution in [0.1, 0.15) is 27.2 Å². The van der Waals surface area contributed by atoms with Crippen LogP contribution in [0.4, 0.5) is 4.39 Å². The Morgan fingerprint density at radius 2 is 1.89 bits per heavy atom. The van der Waals surface area contributed by atoms with Gasteiger partial charge in [0.25, 0.3) is 5.88 Å². The quantitative estimate of drug-likeness (QED) is 0.294. The smallest absolute Gasteiger partial charge is 0.311 e. The fourth-order valence-electron chi connectivity index (χ4n) is 3.37. The number of benzene rings is 1. The molecule has 1 atom stereocenters. The largest absolute Gasteiger partial charge is 0.469 e. The van der Waals surface area contributed by atoms with E-state index in [-0.39, 0.29) is 30.6 Å². The maximum atomic E-state index is 14.5. The molecule has 38 heavy (non-hydrogen) atoms. The molecule has 4 aromatic rings. The van der Waals surface area contributed by atoms with Gasteiger partial charge in [-0.15, -0.1) is 10.2 Å². The summed E-state index contributed by atoms with van der Waals surface area (Å²) in [5.41, 5.74) is 0.289. The van der Waals surface area contributed by atoms with Gasteiger partial charge >= 0.3 is 11.9 Å². The van der Waals surface area contributed by atoms with E-state index < -0.39 is 29.3 Å². The Balaban J connectivity index is 1.41. The van der Waals surface area contributed by atoms with E-state index in [4.69, 9.17) is 18.6 Å². The SMILES string of the molecule is COC(=O)[C@@H](CC(=O)OC(C)(C)C)Cn1nnc(-c2ccc(Oc3ncc(-c4ncco4)cc3F)cc2)n1. The van der Waals surface area contributed by atoms with Crippen molar-refractivity contribution >= 4 is 11.9 Å². The highest BCUT2D eigenvalue weighted by Crippen LogP contribution is 2.27. The Hall–Kier alpha value is -4.68. The standard InChI is InChI=1S/C25H25FN6O6/c1-25(2,3)38-20(33)12-17(24(34)35-4)14-32-30-21(29-31-32)15-5-7-18(8-6-15)37-23-19(26)11-16(13-28-23)22-27-9-10-36-22/h5-11,13,17H,12,14H2,1-4H3/t17-/m0/s1. The van der Waals surface area contributed by atoms with Crippen molar-refractivity contribution in [3.05, 3.63) is 54.8 Å². The van der Waals surface area contributed by atoms with Gasteiger partial charge in [0.1, 0.15) is 17.6 Å². The van der Waals surface area contributed by atoms with Gasteiger partial charge in [0.05, 0.1) is 37.8 Å². The molecule has 12 nitrogen and oxygen atoms in total. The lowest BCUT2D eigenvalue weighted by Gasteiger charge is -2.21. The summed E-state index contributed by atoms with van der Waals surface area (Å²) >= 11 is 0. The number of carbonyl (C=O) groups is 2. The van der Waals surface area contributed by atoms with Crippen molar-refractivity contribution in [3.63, 3.8) is 0 Å². The molecule has 3 aromatic heterocycles. The van der Waals surface area contributed by atoms with Crippen molar-refractivity contribution in [3.8, 4) is 34.5 Å². The maximum Gasteiger partial charge on any atom is 0.311 e. The summed E-state index contributed by atoms with van der Waals surface area (Å²) in [5.74, 6) is -2.03. The second-order valence-corrected chi connectivity index (χ2v) is 9.15. The van der Waals surface area contributed by atoms with Crippen LogP contribution in [0.3, 0.4) is 0 Å². The third kappa shape index (κ3) is 6.75. The second-order valence-electron chi connectivity index (χ2n) is 9.15. The van der Waals surface area contributed by atoms with Crippen molar-refractivity contribution in [1.82, 2.24) is 30.2 Å². The first kappa shape index (κ1) is 26.4. The van der Waals surface area contributed by atoms with Crippen LogP contribution in [0, 0.1) is 11.7 Å². The summed E-state index contributed by atoms with van der Waals surface area (Å²) < 4.78 is 35.3. The second kappa shape index (κ2) is 11.2. The first-order valence-electron chi connectivity index (χ1n) is 11.5. The maximum absolute atomic E-state index is 14.5. The van der Waals surface area contributed by atoms with Crippen LogP contribution in [-0.2, 0) is 25.6 Å². The number of oxazole rings is 1. The lowest BCUT2D eigenvalue weighted by molar-refractivity contribution is -0.161. The predicted molar refractivity (Wildman–Crippen MR) is 129 cm³/mol. The van der Waals surface area contributed by atoms with Gasteiger partial charge in [-0.25, -0.2) is 14.4 Å². The van der Waals surface area contributed by atoms with Crippen LogP contribution in [-0.4, -0.2) is 54.8 Å². The summed E-state index contributed by atoms with van der Waals surface area (Å²) in [6.07, 6.45) is 4.03. The number of ether oxygens (including phenoxy) is 3. The van der Waals surface area contributed by atoms with Crippen LogP contribution >= 0.6 is 0 Å². The van der Waals surface area contributed by atoms with Gasteiger partial charge in [-0.05, 0) is 56.3 Å². The number of aromatic nitrogens is 6. The normalized spacial score (nSPS) is 12.1. The minimum absolute atomic E-state index is 0.0332. The highest BCUT2D eigenvalue weighted by atomic mass is 19.1. The minimum atomic E-state index is -0.856. The Labute approximate surface area is 216 Å². The average Bonchev–Trinajstić information content (AvgIpc) is 3.56. The van der Waals surface area contributed by atoms with Crippen molar-refractivity contribution in [2.24, 2.45) is 5.92 Å². The summed E-state index contributed by atoms with van der Waals surface area (Å²) in [5, 5.41) is 12.3. The van der Waals surface area contributed by atoms with E-state index in [1.54, 1.807) is 45.0 Å². The topological polar surface area (TPSA) is 144 Å². The molecular formula is C25H25FN6O6. The molecule has 0 saturated heterocycles. The molecule has 0 spiro atoms. The molecule has 0 saturated carbocycles. The zero-order valence-electron chi connectivity index (χ0n) is 21.1. The van der Waals surface area contributed by atoms with Gasteiger partial charge in [0.15, 0.2) is 5.82 Å². The molecule has 13 heteroatoms. The molecule has 3 heterocycles. The molecule has 0 aliphatic heterocycles. The van der Waals surface area contributed by atoms with E-state index in [1.165, 1.54) is 36.6 Å². The lowest BCUT2D eigenvalue weighted by atomic mass is 10.1. The fourth-order valence-corrected chi connectivity index (χ4v) is 3.37. The first-order valence-corrected chi connectivity index (χ1v) is 11.5. The molecule has 0 aliphatic rings. The van der Waals surface area contributed by atoms with Gasteiger partial charge in [-0.3, -0.25) is 9.59 Å². The Morgan fingerprint density at radius 3 is 2.53 bits per heavy atom. The molecule has 0 fully saturated rings. The van der Waals surface area contributed by atoms with Gasteiger partial charge in [-0.1, -0.05) is 0 Å². The van der Waals surface area contributed by atoms with E-state index in [2.05, 4.69) is 25.4 Å². The Morgan fingerprint density at radius 1 is 1.13 bits per heavy atom. The third-order valence-electron chi connectivity index (χ3n) is 5.02.